The Bertz CT molecular complexity index is 563. The number of halogens is 1. The minimum atomic E-state index is 0.188. The minimum Gasteiger partial charge on any atom is -0.349 e. The van der Waals surface area contributed by atoms with Crippen LogP contribution in [0.15, 0.2) is 18.5 Å². The molecule has 0 radical (unpaired) electrons. The van der Waals surface area contributed by atoms with Gasteiger partial charge in [0.1, 0.15) is 0 Å². The summed E-state index contributed by atoms with van der Waals surface area (Å²) in [4.78, 5) is 20.9. The number of hydrogen-bond acceptors (Lipinski definition) is 3. The molecular formula is C17H24ClN3O. The highest BCUT2D eigenvalue weighted by Gasteiger charge is 2.50. The van der Waals surface area contributed by atoms with Crippen LogP contribution in [-0.4, -0.2) is 47.9 Å². The normalized spacial score (nSPS) is 28.4. The maximum atomic E-state index is 12.5. The van der Waals surface area contributed by atoms with E-state index in [1.807, 2.05) is 26.4 Å². The van der Waals surface area contributed by atoms with E-state index >= 15 is 0 Å². The summed E-state index contributed by atoms with van der Waals surface area (Å²) >= 11 is 6.02. The minimum absolute atomic E-state index is 0.188. The number of likely N-dealkylation sites (tertiary alicyclic amines) is 1. The first-order valence-corrected chi connectivity index (χ1v) is 8.41. The Morgan fingerprint density at radius 2 is 2.27 bits per heavy atom. The number of nitrogens with zero attached hydrogens (tertiary/aromatic N) is 3. The van der Waals surface area contributed by atoms with Crippen LogP contribution >= 0.6 is 11.6 Å². The molecule has 0 N–H and O–H groups in total. The van der Waals surface area contributed by atoms with E-state index in [-0.39, 0.29) is 11.3 Å². The van der Waals surface area contributed by atoms with Crippen molar-refractivity contribution in [3.05, 3.63) is 29.0 Å². The molecule has 22 heavy (non-hydrogen) atoms. The summed E-state index contributed by atoms with van der Waals surface area (Å²) in [5.74, 6) is 0.508. The lowest BCUT2D eigenvalue weighted by atomic mass is 9.76. The Morgan fingerprint density at radius 1 is 1.45 bits per heavy atom. The van der Waals surface area contributed by atoms with Gasteiger partial charge in [-0.3, -0.25) is 14.7 Å². The SMILES string of the molecule is CN(C)C(=O)[C@H]1CCC[C@@]12CCN(Cc1cncc(Cl)c1)C2. The lowest BCUT2D eigenvalue weighted by Gasteiger charge is -2.32. The lowest BCUT2D eigenvalue weighted by Crippen LogP contribution is -2.40. The highest BCUT2D eigenvalue weighted by atomic mass is 35.5. The van der Waals surface area contributed by atoms with Gasteiger partial charge in [0.2, 0.25) is 5.91 Å². The van der Waals surface area contributed by atoms with Crippen molar-refractivity contribution >= 4 is 17.5 Å². The molecule has 1 aliphatic heterocycles. The molecule has 0 unspecified atom stereocenters. The fourth-order valence-electron chi connectivity index (χ4n) is 4.24. The maximum Gasteiger partial charge on any atom is 0.225 e. The van der Waals surface area contributed by atoms with Gasteiger partial charge in [0, 0.05) is 45.5 Å². The Morgan fingerprint density at radius 3 is 3.00 bits per heavy atom. The molecule has 2 atom stereocenters. The van der Waals surface area contributed by atoms with Crippen LogP contribution in [0.25, 0.3) is 0 Å². The molecule has 1 aromatic heterocycles. The van der Waals surface area contributed by atoms with Crippen molar-refractivity contribution in [3.8, 4) is 0 Å². The van der Waals surface area contributed by atoms with Gasteiger partial charge in [-0.2, -0.15) is 0 Å². The van der Waals surface area contributed by atoms with Crippen LogP contribution in [0.4, 0.5) is 0 Å². The van der Waals surface area contributed by atoms with E-state index in [1.165, 1.54) is 12.8 Å². The summed E-state index contributed by atoms with van der Waals surface area (Å²) in [6.07, 6.45) is 8.08. The Kier molecular flexibility index (Phi) is 4.42. The molecule has 0 aromatic carbocycles. The molecule has 1 saturated heterocycles. The third-order valence-electron chi connectivity index (χ3n) is 5.28. The molecule has 5 heteroatoms. The number of rotatable bonds is 3. The van der Waals surface area contributed by atoms with Crippen LogP contribution < -0.4 is 0 Å². The van der Waals surface area contributed by atoms with Crippen molar-refractivity contribution in [3.63, 3.8) is 0 Å². The van der Waals surface area contributed by atoms with Crippen molar-refractivity contribution in [1.29, 1.82) is 0 Å². The van der Waals surface area contributed by atoms with E-state index in [4.69, 9.17) is 11.6 Å². The van der Waals surface area contributed by atoms with Gasteiger partial charge in [-0.1, -0.05) is 18.0 Å². The molecular weight excluding hydrogens is 298 g/mol. The number of aromatic nitrogens is 1. The summed E-state index contributed by atoms with van der Waals surface area (Å²) in [6.45, 7) is 2.95. The van der Waals surface area contributed by atoms with Crippen molar-refractivity contribution in [2.45, 2.75) is 32.2 Å². The second kappa shape index (κ2) is 6.17. The van der Waals surface area contributed by atoms with E-state index in [2.05, 4.69) is 9.88 Å². The highest BCUT2D eigenvalue weighted by Crippen LogP contribution is 2.50. The van der Waals surface area contributed by atoms with E-state index in [0.717, 1.165) is 38.0 Å². The molecule has 1 amide bonds. The average molecular weight is 322 g/mol. The number of amides is 1. The number of pyridine rings is 1. The van der Waals surface area contributed by atoms with Crippen molar-refractivity contribution in [1.82, 2.24) is 14.8 Å². The van der Waals surface area contributed by atoms with E-state index in [1.54, 1.807) is 11.1 Å². The first-order valence-electron chi connectivity index (χ1n) is 8.03. The summed E-state index contributed by atoms with van der Waals surface area (Å²) < 4.78 is 0. The molecule has 2 fully saturated rings. The number of hydrogen-bond donors (Lipinski definition) is 0. The Balaban J connectivity index is 1.69. The summed E-state index contributed by atoms with van der Waals surface area (Å²) in [6, 6.07) is 1.98. The fraction of sp³-hybridized carbons (Fsp3) is 0.647. The van der Waals surface area contributed by atoms with E-state index in [9.17, 15) is 4.79 Å². The molecule has 4 nitrogen and oxygen atoms in total. The predicted molar refractivity (Wildman–Crippen MR) is 87.6 cm³/mol. The second-order valence-electron chi connectivity index (χ2n) is 7.01. The number of carbonyl (C=O) groups is 1. The molecule has 120 valence electrons. The molecule has 2 heterocycles. The largest absolute Gasteiger partial charge is 0.349 e. The molecule has 1 spiro atoms. The van der Waals surface area contributed by atoms with Gasteiger partial charge in [0.05, 0.1) is 5.02 Å². The van der Waals surface area contributed by atoms with Crippen LogP contribution in [0.1, 0.15) is 31.2 Å². The zero-order valence-electron chi connectivity index (χ0n) is 13.4. The molecule has 1 saturated carbocycles. The third-order valence-corrected chi connectivity index (χ3v) is 5.48. The first kappa shape index (κ1) is 15.8. The van der Waals surface area contributed by atoms with Crippen molar-refractivity contribution < 1.29 is 4.79 Å². The van der Waals surface area contributed by atoms with Gasteiger partial charge in [-0.15, -0.1) is 0 Å². The first-order chi connectivity index (χ1) is 10.5. The Hall–Kier alpha value is -1.13. The smallest absolute Gasteiger partial charge is 0.225 e. The van der Waals surface area contributed by atoms with Crippen LogP contribution in [-0.2, 0) is 11.3 Å². The average Bonchev–Trinajstić information content (AvgIpc) is 3.06. The van der Waals surface area contributed by atoms with Gasteiger partial charge in [-0.25, -0.2) is 0 Å². The molecule has 1 aliphatic carbocycles. The van der Waals surface area contributed by atoms with Crippen LogP contribution in [0.3, 0.4) is 0 Å². The van der Waals surface area contributed by atoms with Crippen LogP contribution in [0, 0.1) is 11.3 Å². The monoisotopic (exact) mass is 321 g/mol. The van der Waals surface area contributed by atoms with Crippen molar-refractivity contribution in [2.24, 2.45) is 11.3 Å². The quantitative estimate of drug-likeness (QED) is 0.859. The van der Waals surface area contributed by atoms with Crippen LogP contribution in [0.5, 0.6) is 0 Å². The summed E-state index contributed by atoms with van der Waals surface area (Å²) in [5, 5.41) is 0.688. The van der Waals surface area contributed by atoms with E-state index < -0.39 is 0 Å². The zero-order chi connectivity index (χ0) is 15.7. The highest BCUT2D eigenvalue weighted by molar-refractivity contribution is 6.30. The van der Waals surface area contributed by atoms with Crippen molar-refractivity contribution in [2.75, 3.05) is 27.2 Å². The van der Waals surface area contributed by atoms with Gasteiger partial charge < -0.3 is 4.90 Å². The van der Waals surface area contributed by atoms with Gasteiger partial charge in [-0.05, 0) is 42.9 Å². The zero-order valence-corrected chi connectivity index (χ0v) is 14.1. The topological polar surface area (TPSA) is 36.4 Å². The maximum absolute atomic E-state index is 12.5. The Labute approximate surface area is 137 Å². The van der Waals surface area contributed by atoms with Crippen LogP contribution in [0.2, 0.25) is 5.02 Å². The van der Waals surface area contributed by atoms with Gasteiger partial charge in [0.25, 0.3) is 0 Å². The molecule has 1 aromatic rings. The second-order valence-corrected chi connectivity index (χ2v) is 7.45. The molecule has 3 rings (SSSR count). The summed E-state index contributed by atoms with van der Waals surface area (Å²) in [7, 11) is 3.75. The fourth-order valence-corrected chi connectivity index (χ4v) is 4.44. The lowest BCUT2D eigenvalue weighted by molar-refractivity contribution is -0.136. The number of carbonyl (C=O) groups excluding carboxylic acids is 1. The van der Waals surface area contributed by atoms with Gasteiger partial charge in [0.15, 0.2) is 0 Å². The third kappa shape index (κ3) is 2.99. The summed E-state index contributed by atoms with van der Waals surface area (Å²) in [5.41, 5.74) is 1.34. The standard InChI is InChI=1S/C17H24ClN3O/c1-20(2)16(22)15-4-3-5-17(15)6-7-21(12-17)11-13-8-14(18)10-19-9-13/h8-10,15H,3-7,11-12H2,1-2H3/t15-,17+/m1/s1. The molecule has 2 aliphatic rings. The molecule has 0 bridgehead atoms. The van der Waals surface area contributed by atoms with E-state index in [0.29, 0.717) is 10.9 Å². The predicted octanol–water partition coefficient (Wildman–Crippen LogP) is 2.82. The van der Waals surface area contributed by atoms with Gasteiger partial charge >= 0.3 is 0 Å².